The molecule has 0 saturated carbocycles. The molecule has 13 heavy (non-hydrogen) atoms. The van der Waals surface area contributed by atoms with Gasteiger partial charge in [-0.25, -0.2) is 9.79 Å². The van der Waals surface area contributed by atoms with Gasteiger partial charge in [-0.2, -0.15) is 0 Å². The van der Waals surface area contributed by atoms with Crippen LogP contribution in [-0.4, -0.2) is 36.1 Å². The first kappa shape index (κ1) is 29.2. The average molecular weight is 225 g/mol. The van der Waals surface area contributed by atoms with Crippen LogP contribution in [0.3, 0.4) is 0 Å². The molecule has 0 aliphatic rings. The summed E-state index contributed by atoms with van der Waals surface area (Å²) < 4.78 is 0. The summed E-state index contributed by atoms with van der Waals surface area (Å²) in [7, 11) is 0. The fourth-order valence-corrected chi connectivity index (χ4v) is 0.0456. The Morgan fingerprint density at radius 1 is 1.31 bits per heavy atom. The van der Waals surface area contributed by atoms with Gasteiger partial charge >= 0.3 is 21.7 Å². The van der Waals surface area contributed by atoms with E-state index in [0.717, 1.165) is 0 Å². The summed E-state index contributed by atoms with van der Waals surface area (Å²) in [6.45, 7) is 7.40. The monoisotopic (exact) mass is 225 g/mol. The summed E-state index contributed by atoms with van der Waals surface area (Å²) in [5.41, 5.74) is 0. The van der Waals surface area contributed by atoms with Crippen molar-refractivity contribution in [2.24, 2.45) is 4.99 Å². The van der Waals surface area contributed by atoms with Gasteiger partial charge in [-0.05, 0) is 13.8 Å². The predicted octanol–water partition coefficient (Wildman–Crippen LogP) is 0.601. The van der Waals surface area contributed by atoms with Crippen LogP contribution in [0, 0.1) is 14.4 Å². The standard InChI is InChI=1S/C3H4NO.2C2H6O.CH3.Ti/c1-2-4-3-5;2*1-2-3;;/h1-2H2;2*3H,2H2,1H3;1H3;/q-1;;;-1;+2. The first-order chi connectivity index (χ1) is 5.24. The molecule has 0 aromatic carbocycles. The van der Waals surface area contributed by atoms with Crippen molar-refractivity contribution >= 4 is 6.08 Å². The van der Waals surface area contributed by atoms with E-state index in [0.29, 0.717) is 6.54 Å². The molecule has 0 saturated heterocycles. The SMILES string of the molecule is CCO.CCO.[CH2-]CN=C=O.[CH3-].[Ti+2]. The summed E-state index contributed by atoms with van der Waals surface area (Å²) in [6, 6.07) is 0. The van der Waals surface area contributed by atoms with E-state index in [1.807, 2.05) is 0 Å². The number of aliphatic hydroxyl groups is 2. The number of rotatable bonds is 1. The maximum atomic E-state index is 9.07. The molecular weight excluding hydrogens is 206 g/mol. The average Bonchev–Trinajstić information content (AvgIpc) is 1.92. The molecule has 0 amide bonds. The smallest absolute Gasteiger partial charge is 0.397 e. The zero-order chi connectivity index (χ0) is 9.54. The van der Waals surface area contributed by atoms with Crippen molar-refractivity contribution in [3.63, 3.8) is 0 Å². The minimum atomic E-state index is 0. The number of aliphatic hydroxyl groups excluding tert-OH is 2. The normalized spacial score (nSPS) is 5.00. The number of hydrogen-bond donors (Lipinski definition) is 2. The molecule has 0 rings (SSSR count). The van der Waals surface area contributed by atoms with Gasteiger partial charge in [0.05, 0.1) is 0 Å². The van der Waals surface area contributed by atoms with Crippen LogP contribution in [0.1, 0.15) is 13.8 Å². The van der Waals surface area contributed by atoms with E-state index >= 15 is 0 Å². The van der Waals surface area contributed by atoms with E-state index in [-0.39, 0.29) is 42.4 Å². The van der Waals surface area contributed by atoms with Crippen LogP contribution in [-0.2, 0) is 26.5 Å². The topological polar surface area (TPSA) is 69.9 Å². The Morgan fingerprint density at radius 2 is 1.54 bits per heavy atom. The molecule has 0 spiro atoms. The van der Waals surface area contributed by atoms with E-state index in [2.05, 4.69) is 11.9 Å². The van der Waals surface area contributed by atoms with Crippen molar-refractivity contribution in [2.75, 3.05) is 19.8 Å². The minimum Gasteiger partial charge on any atom is -0.397 e. The molecule has 0 fully saturated rings. The van der Waals surface area contributed by atoms with Gasteiger partial charge < -0.3 is 24.6 Å². The van der Waals surface area contributed by atoms with Crippen LogP contribution in [0.5, 0.6) is 0 Å². The van der Waals surface area contributed by atoms with Crippen LogP contribution in [0.2, 0.25) is 0 Å². The van der Waals surface area contributed by atoms with Crippen LogP contribution >= 0.6 is 0 Å². The molecule has 0 aliphatic heterocycles. The largest absolute Gasteiger partial charge is 2.00 e. The van der Waals surface area contributed by atoms with Gasteiger partial charge in [0.15, 0.2) is 0 Å². The Bertz CT molecular complexity index is 83.5. The first-order valence-corrected chi connectivity index (χ1v) is 3.29. The second-order valence-corrected chi connectivity index (χ2v) is 1.11. The first-order valence-electron chi connectivity index (χ1n) is 3.29. The second-order valence-electron chi connectivity index (χ2n) is 1.11. The minimum absolute atomic E-state index is 0. The molecule has 0 unspecified atom stereocenters. The number of carbonyl (C=O) groups excluding carboxylic acids is 1. The van der Waals surface area contributed by atoms with Crippen molar-refractivity contribution < 1.29 is 36.7 Å². The summed E-state index contributed by atoms with van der Waals surface area (Å²) in [5, 5.41) is 15.1. The van der Waals surface area contributed by atoms with E-state index in [4.69, 9.17) is 15.0 Å². The molecule has 0 aliphatic carbocycles. The van der Waals surface area contributed by atoms with Crippen LogP contribution < -0.4 is 0 Å². The number of hydrogen-bond acceptors (Lipinski definition) is 4. The van der Waals surface area contributed by atoms with Crippen molar-refractivity contribution in [3.05, 3.63) is 14.4 Å². The maximum absolute atomic E-state index is 9.07. The van der Waals surface area contributed by atoms with Gasteiger partial charge in [0.1, 0.15) is 0 Å². The molecule has 0 heterocycles. The molecule has 0 aromatic heterocycles. The van der Waals surface area contributed by atoms with Crippen molar-refractivity contribution in [1.29, 1.82) is 0 Å². The van der Waals surface area contributed by atoms with Gasteiger partial charge in [-0.3, -0.25) is 0 Å². The number of nitrogens with zero attached hydrogens (tertiary/aromatic N) is 1. The molecule has 0 radical (unpaired) electrons. The maximum Gasteiger partial charge on any atom is 2.00 e. The van der Waals surface area contributed by atoms with E-state index in [1.54, 1.807) is 13.8 Å². The molecule has 2 N–H and O–H groups in total. The number of aliphatic imine (C=N–C) groups is 1. The predicted molar refractivity (Wildman–Crippen MR) is 50.3 cm³/mol. The Labute approximate surface area is 96.0 Å². The Kier molecular flexibility index (Phi) is 130. The van der Waals surface area contributed by atoms with Crippen molar-refractivity contribution in [1.82, 2.24) is 0 Å². The zero-order valence-corrected chi connectivity index (χ0v) is 10.1. The summed E-state index contributed by atoms with van der Waals surface area (Å²) >= 11 is 0. The summed E-state index contributed by atoms with van der Waals surface area (Å²) in [5.74, 6) is 0. The third-order valence-corrected chi connectivity index (χ3v) is 0.176. The molecule has 78 valence electrons. The fraction of sp³-hybridized carbons (Fsp3) is 0.625. The van der Waals surface area contributed by atoms with Crippen molar-refractivity contribution in [3.8, 4) is 0 Å². The molecule has 5 heteroatoms. The van der Waals surface area contributed by atoms with Gasteiger partial charge in [-0.1, -0.05) is 6.54 Å². The molecular formula is C8H19NO3Ti. The number of isocyanates is 1. The van der Waals surface area contributed by atoms with E-state index in [1.165, 1.54) is 6.08 Å². The molecule has 0 atom stereocenters. The fourth-order valence-electron chi connectivity index (χ4n) is 0.0456. The van der Waals surface area contributed by atoms with Gasteiger partial charge in [-0.15, -0.1) is 0 Å². The third-order valence-electron chi connectivity index (χ3n) is 0.176. The van der Waals surface area contributed by atoms with Crippen molar-refractivity contribution in [2.45, 2.75) is 13.8 Å². The second kappa shape index (κ2) is 58.0. The molecule has 0 aromatic rings. The summed E-state index contributed by atoms with van der Waals surface area (Å²) in [4.78, 5) is 12.1. The Hall–Kier alpha value is 0.0143. The van der Waals surface area contributed by atoms with Gasteiger partial charge in [0.25, 0.3) is 0 Å². The van der Waals surface area contributed by atoms with Crippen LogP contribution in [0.4, 0.5) is 0 Å². The zero-order valence-electron chi connectivity index (χ0n) is 8.58. The van der Waals surface area contributed by atoms with Gasteiger partial charge in [0, 0.05) is 13.2 Å². The van der Waals surface area contributed by atoms with Gasteiger partial charge in [0.2, 0.25) is 6.08 Å². The molecule has 4 nitrogen and oxygen atoms in total. The van der Waals surface area contributed by atoms with Crippen LogP contribution in [0.25, 0.3) is 0 Å². The van der Waals surface area contributed by atoms with E-state index in [9.17, 15) is 0 Å². The summed E-state index contributed by atoms with van der Waals surface area (Å²) in [6.07, 6.45) is 1.33. The quantitative estimate of drug-likeness (QED) is 0.297. The third kappa shape index (κ3) is 297. The van der Waals surface area contributed by atoms with Crippen LogP contribution in [0.15, 0.2) is 4.99 Å². The van der Waals surface area contributed by atoms with E-state index < -0.39 is 0 Å². The Balaban J connectivity index is -0.0000000240. The molecule has 0 bridgehead atoms. The Morgan fingerprint density at radius 3 is 1.54 bits per heavy atom.